The Hall–Kier alpha value is -1.71. The Morgan fingerprint density at radius 3 is 2.29 bits per heavy atom. The van der Waals surface area contributed by atoms with E-state index in [0.29, 0.717) is 11.3 Å². The van der Waals surface area contributed by atoms with Gasteiger partial charge in [-0.05, 0) is 24.3 Å². The highest BCUT2D eigenvalue weighted by Crippen LogP contribution is 2.09. The lowest BCUT2D eigenvalue weighted by Crippen LogP contribution is -2.06. The van der Waals surface area contributed by atoms with Crippen molar-refractivity contribution in [3.63, 3.8) is 0 Å². The highest BCUT2D eigenvalue weighted by Gasteiger charge is 2.04. The fourth-order valence-electron chi connectivity index (χ4n) is 1.02. The van der Waals surface area contributed by atoms with Crippen molar-refractivity contribution in [2.75, 3.05) is 12.0 Å². The van der Waals surface area contributed by atoms with Gasteiger partial charge in [-0.3, -0.25) is 9.59 Å². The third-order valence-corrected chi connectivity index (χ3v) is 1.65. The Morgan fingerprint density at radius 1 is 1.29 bits per heavy atom. The van der Waals surface area contributed by atoms with E-state index in [1.807, 2.05) is 0 Å². The number of nitrogens with one attached hydrogen (secondary N) is 1. The largest absolute Gasteiger partial charge is 0.326 e. The summed E-state index contributed by atoms with van der Waals surface area (Å²) in [6, 6.07) is 6.08. The van der Waals surface area contributed by atoms with Gasteiger partial charge in [0.25, 0.3) is 0 Å². The maximum atomic E-state index is 12.0. The Labute approximate surface area is 80.9 Å². The number of rotatable bonds is 3. The summed E-state index contributed by atoms with van der Waals surface area (Å²) in [5.41, 5.74) is 0.898. The van der Waals surface area contributed by atoms with E-state index >= 15 is 0 Å². The van der Waals surface area contributed by atoms with Crippen LogP contribution in [0.5, 0.6) is 0 Å². The fourth-order valence-corrected chi connectivity index (χ4v) is 1.02. The molecule has 0 radical (unpaired) electrons. The molecule has 1 N–H and O–H groups in total. The minimum atomic E-state index is -1.00. The first-order valence-corrected chi connectivity index (χ1v) is 4.10. The average molecular weight is 195 g/mol. The summed E-state index contributed by atoms with van der Waals surface area (Å²) in [6.07, 6.45) is 0. The summed E-state index contributed by atoms with van der Waals surface area (Å²) in [7, 11) is 0. The van der Waals surface area contributed by atoms with E-state index in [9.17, 15) is 14.0 Å². The van der Waals surface area contributed by atoms with Crippen LogP contribution in [-0.2, 0) is 4.79 Å². The predicted octanol–water partition coefficient (Wildman–Crippen LogP) is 1.80. The highest BCUT2D eigenvalue weighted by molar-refractivity contribution is 5.97. The molecule has 1 aromatic carbocycles. The number of hydrogen-bond donors (Lipinski definition) is 1. The maximum absolute atomic E-state index is 12.0. The summed E-state index contributed by atoms with van der Waals surface area (Å²) in [4.78, 5) is 21.5. The molecule has 0 atom stereocenters. The molecule has 1 rings (SSSR count). The SMILES string of the molecule is CC(=O)Nc1ccc(C(=O)CF)cc1. The van der Waals surface area contributed by atoms with Crippen molar-refractivity contribution in [3.8, 4) is 0 Å². The van der Waals surface area contributed by atoms with Gasteiger partial charge in [0.2, 0.25) is 5.91 Å². The van der Waals surface area contributed by atoms with Gasteiger partial charge in [-0.1, -0.05) is 0 Å². The number of halogens is 1. The van der Waals surface area contributed by atoms with Gasteiger partial charge < -0.3 is 5.32 Å². The smallest absolute Gasteiger partial charge is 0.221 e. The number of benzene rings is 1. The molecule has 0 aliphatic rings. The zero-order valence-electron chi connectivity index (χ0n) is 7.71. The van der Waals surface area contributed by atoms with Crippen LogP contribution in [0.2, 0.25) is 0 Å². The van der Waals surface area contributed by atoms with Crippen LogP contribution in [0.25, 0.3) is 0 Å². The molecule has 0 heterocycles. The molecule has 0 spiro atoms. The first-order valence-electron chi connectivity index (χ1n) is 4.10. The average Bonchev–Trinajstić information content (AvgIpc) is 2.17. The molecule has 0 aliphatic heterocycles. The summed E-state index contributed by atoms with van der Waals surface area (Å²) < 4.78 is 12.0. The van der Waals surface area contributed by atoms with Crippen LogP contribution in [0, 0.1) is 0 Å². The zero-order chi connectivity index (χ0) is 10.6. The highest BCUT2D eigenvalue weighted by atomic mass is 19.1. The molecule has 1 amide bonds. The number of anilines is 1. The van der Waals surface area contributed by atoms with E-state index < -0.39 is 12.5 Å². The molecule has 4 heteroatoms. The van der Waals surface area contributed by atoms with Crippen LogP contribution in [0.4, 0.5) is 10.1 Å². The van der Waals surface area contributed by atoms with Crippen molar-refractivity contribution in [3.05, 3.63) is 29.8 Å². The molecule has 0 fully saturated rings. The zero-order valence-corrected chi connectivity index (χ0v) is 7.71. The normalized spacial score (nSPS) is 9.57. The first kappa shape index (κ1) is 10.4. The Morgan fingerprint density at radius 2 is 1.86 bits per heavy atom. The number of carbonyl (C=O) groups excluding carboxylic acids is 2. The third kappa shape index (κ3) is 2.65. The van der Waals surface area contributed by atoms with Gasteiger partial charge in [-0.25, -0.2) is 4.39 Å². The minimum absolute atomic E-state index is 0.186. The number of ketones is 1. The van der Waals surface area contributed by atoms with Crippen molar-refractivity contribution in [1.29, 1.82) is 0 Å². The molecular weight excluding hydrogens is 185 g/mol. The van der Waals surface area contributed by atoms with Crippen LogP contribution >= 0.6 is 0 Å². The predicted molar refractivity (Wildman–Crippen MR) is 51.1 cm³/mol. The second-order valence-corrected chi connectivity index (χ2v) is 2.82. The molecule has 0 aromatic heterocycles. The standard InChI is InChI=1S/C10H10FNO2/c1-7(13)12-9-4-2-8(3-5-9)10(14)6-11/h2-5H,6H2,1H3,(H,12,13). The number of carbonyl (C=O) groups is 2. The van der Waals surface area contributed by atoms with Crippen molar-refractivity contribution in [2.45, 2.75) is 6.92 Å². The van der Waals surface area contributed by atoms with Crippen LogP contribution in [0.3, 0.4) is 0 Å². The Kier molecular flexibility index (Phi) is 3.34. The molecule has 0 unspecified atom stereocenters. The Balaban J connectivity index is 2.78. The quantitative estimate of drug-likeness (QED) is 0.747. The number of hydrogen-bond acceptors (Lipinski definition) is 2. The second kappa shape index (κ2) is 4.50. The summed E-state index contributed by atoms with van der Waals surface area (Å²) in [5, 5.41) is 2.54. The van der Waals surface area contributed by atoms with Crippen LogP contribution in [0.1, 0.15) is 17.3 Å². The van der Waals surface area contributed by atoms with E-state index in [-0.39, 0.29) is 5.91 Å². The molecule has 1 aromatic rings. The van der Waals surface area contributed by atoms with Gasteiger partial charge in [0, 0.05) is 18.2 Å². The van der Waals surface area contributed by atoms with Crippen molar-refractivity contribution in [2.24, 2.45) is 0 Å². The molecule has 3 nitrogen and oxygen atoms in total. The van der Waals surface area contributed by atoms with E-state index in [1.54, 1.807) is 12.1 Å². The molecule has 0 aliphatic carbocycles. The Bertz CT molecular complexity index is 346. The summed E-state index contributed by atoms with van der Waals surface area (Å²) in [5.74, 6) is -0.742. The van der Waals surface area contributed by atoms with E-state index in [1.165, 1.54) is 19.1 Å². The number of alkyl halides is 1. The van der Waals surface area contributed by atoms with Crippen LogP contribution in [-0.4, -0.2) is 18.4 Å². The van der Waals surface area contributed by atoms with Gasteiger partial charge in [0.15, 0.2) is 12.5 Å². The second-order valence-electron chi connectivity index (χ2n) is 2.82. The van der Waals surface area contributed by atoms with Gasteiger partial charge >= 0.3 is 0 Å². The monoisotopic (exact) mass is 195 g/mol. The van der Waals surface area contributed by atoms with E-state index in [4.69, 9.17) is 0 Å². The van der Waals surface area contributed by atoms with Gasteiger partial charge in [-0.2, -0.15) is 0 Å². The van der Waals surface area contributed by atoms with E-state index in [2.05, 4.69) is 5.32 Å². The lowest BCUT2D eigenvalue weighted by atomic mass is 10.1. The topological polar surface area (TPSA) is 46.2 Å². The molecular formula is C10H10FNO2. The third-order valence-electron chi connectivity index (χ3n) is 1.65. The van der Waals surface area contributed by atoms with Crippen molar-refractivity contribution >= 4 is 17.4 Å². The molecule has 0 saturated heterocycles. The van der Waals surface area contributed by atoms with Gasteiger partial charge in [-0.15, -0.1) is 0 Å². The van der Waals surface area contributed by atoms with E-state index in [0.717, 1.165) is 0 Å². The van der Waals surface area contributed by atoms with Crippen LogP contribution in [0.15, 0.2) is 24.3 Å². The van der Waals surface area contributed by atoms with Gasteiger partial charge in [0.1, 0.15) is 0 Å². The molecule has 74 valence electrons. The summed E-state index contributed by atoms with van der Waals surface area (Å²) in [6.45, 7) is 0.389. The van der Waals surface area contributed by atoms with Crippen molar-refractivity contribution in [1.82, 2.24) is 0 Å². The number of amides is 1. The lowest BCUT2D eigenvalue weighted by molar-refractivity contribution is -0.114. The molecule has 0 bridgehead atoms. The lowest BCUT2D eigenvalue weighted by Gasteiger charge is -2.02. The van der Waals surface area contributed by atoms with Crippen LogP contribution < -0.4 is 5.32 Å². The number of Topliss-reactive ketones (excluding diaryl/α,β-unsaturated/α-hetero) is 1. The summed E-state index contributed by atoms with van der Waals surface area (Å²) >= 11 is 0. The molecule has 14 heavy (non-hydrogen) atoms. The first-order chi connectivity index (χ1) is 6.63. The molecule has 0 saturated carbocycles. The fraction of sp³-hybridized carbons (Fsp3) is 0.200. The van der Waals surface area contributed by atoms with Gasteiger partial charge in [0.05, 0.1) is 0 Å². The maximum Gasteiger partial charge on any atom is 0.221 e. The van der Waals surface area contributed by atoms with Crippen molar-refractivity contribution < 1.29 is 14.0 Å². The minimum Gasteiger partial charge on any atom is -0.326 e.